The number of morpholine rings is 1. The van der Waals surface area contributed by atoms with Crippen LogP contribution in [0.3, 0.4) is 0 Å². The number of benzene rings is 2. The second-order valence-corrected chi connectivity index (χ2v) is 9.07. The fraction of sp³-hybridized carbons (Fsp3) is 0.280. The Balaban J connectivity index is 1.43. The number of carbonyl (C=O) groups is 2. The zero-order chi connectivity index (χ0) is 21.9. The zero-order valence-corrected chi connectivity index (χ0v) is 18.5. The Kier molecular flexibility index (Phi) is 5.92. The molecular formula is C25H25N3O3S. The van der Waals surface area contributed by atoms with E-state index in [0.717, 1.165) is 42.1 Å². The van der Waals surface area contributed by atoms with Gasteiger partial charge in [-0.25, -0.2) is 0 Å². The van der Waals surface area contributed by atoms with Gasteiger partial charge in [0.2, 0.25) is 0 Å². The van der Waals surface area contributed by atoms with Gasteiger partial charge in [-0.05, 0) is 36.6 Å². The maximum atomic E-state index is 13.2. The summed E-state index contributed by atoms with van der Waals surface area (Å²) in [6.07, 6.45) is 2.03. The van der Waals surface area contributed by atoms with E-state index in [1.54, 1.807) is 12.1 Å². The van der Waals surface area contributed by atoms with Crippen LogP contribution in [0.1, 0.15) is 32.9 Å². The summed E-state index contributed by atoms with van der Waals surface area (Å²) in [4.78, 5) is 28.7. The van der Waals surface area contributed by atoms with E-state index < -0.39 is 0 Å². The summed E-state index contributed by atoms with van der Waals surface area (Å²) in [6.45, 7) is 2.95. The van der Waals surface area contributed by atoms with Crippen LogP contribution in [0.2, 0.25) is 0 Å². The fourth-order valence-corrected chi connectivity index (χ4v) is 4.91. The van der Waals surface area contributed by atoms with E-state index in [1.807, 2.05) is 36.4 Å². The van der Waals surface area contributed by atoms with Gasteiger partial charge in [-0.2, -0.15) is 0 Å². The molecule has 2 aromatic carbocycles. The normalized spacial score (nSPS) is 15.9. The smallest absolute Gasteiger partial charge is 0.265 e. The number of para-hydroxylation sites is 1. The highest BCUT2D eigenvalue weighted by Gasteiger charge is 2.26. The third-order valence-electron chi connectivity index (χ3n) is 5.65. The molecular weight excluding hydrogens is 422 g/mol. The maximum Gasteiger partial charge on any atom is 0.265 e. The van der Waals surface area contributed by atoms with E-state index in [1.165, 1.54) is 11.3 Å². The van der Waals surface area contributed by atoms with Crippen LogP contribution in [0.4, 0.5) is 10.7 Å². The van der Waals surface area contributed by atoms with Gasteiger partial charge in [0, 0.05) is 24.7 Å². The van der Waals surface area contributed by atoms with E-state index in [2.05, 4.69) is 27.7 Å². The third-order valence-corrected chi connectivity index (χ3v) is 6.85. The highest BCUT2D eigenvalue weighted by atomic mass is 32.1. The Bertz CT molecular complexity index is 1120. The molecule has 1 aliphatic carbocycles. The van der Waals surface area contributed by atoms with Crippen LogP contribution in [0.5, 0.6) is 0 Å². The van der Waals surface area contributed by atoms with Gasteiger partial charge >= 0.3 is 0 Å². The lowest BCUT2D eigenvalue weighted by molar-refractivity contribution is 0.0952. The molecule has 0 radical (unpaired) electrons. The average molecular weight is 448 g/mol. The molecule has 1 saturated carbocycles. The minimum atomic E-state index is -0.210. The van der Waals surface area contributed by atoms with Crippen molar-refractivity contribution in [1.82, 2.24) is 5.32 Å². The molecule has 7 heteroatoms. The van der Waals surface area contributed by atoms with Gasteiger partial charge in [0.1, 0.15) is 0 Å². The number of rotatable bonds is 6. The van der Waals surface area contributed by atoms with E-state index in [9.17, 15) is 9.59 Å². The van der Waals surface area contributed by atoms with Crippen molar-refractivity contribution >= 4 is 33.8 Å². The van der Waals surface area contributed by atoms with Crippen LogP contribution < -0.4 is 15.5 Å². The number of nitrogens with zero attached hydrogens (tertiary/aromatic N) is 1. The zero-order valence-electron chi connectivity index (χ0n) is 17.7. The van der Waals surface area contributed by atoms with Gasteiger partial charge in [0.25, 0.3) is 11.8 Å². The lowest BCUT2D eigenvalue weighted by Crippen LogP contribution is -2.35. The second-order valence-electron chi connectivity index (χ2n) is 8.04. The molecule has 0 spiro atoms. The largest absolute Gasteiger partial charge is 0.378 e. The number of thiophene rings is 1. The Labute approximate surface area is 191 Å². The van der Waals surface area contributed by atoms with Crippen molar-refractivity contribution < 1.29 is 14.3 Å². The predicted octanol–water partition coefficient (Wildman–Crippen LogP) is 4.40. The Morgan fingerprint density at radius 1 is 0.938 bits per heavy atom. The van der Waals surface area contributed by atoms with Gasteiger partial charge in [-0.3, -0.25) is 9.59 Å². The van der Waals surface area contributed by atoms with Crippen LogP contribution in [0.25, 0.3) is 11.1 Å². The minimum Gasteiger partial charge on any atom is -0.378 e. The van der Waals surface area contributed by atoms with Crippen molar-refractivity contribution in [2.45, 2.75) is 18.9 Å². The maximum absolute atomic E-state index is 13.2. The van der Waals surface area contributed by atoms with E-state index in [0.29, 0.717) is 29.3 Å². The van der Waals surface area contributed by atoms with Crippen molar-refractivity contribution in [3.8, 4) is 11.1 Å². The molecule has 32 heavy (non-hydrogen) atoms. The Hall–Kier alpha value is -3.16. The van der Waals surface area contributed by atoms with Crippen LogP contribution >= 0.6 is 11.3 Å². The first-order chi connectivity index (χ1) is 15.7. The van der Waals surface area contributed by atoms with Crippen molar-refractivity contribution in [1.29, 1.82) is 0 Å². The molecule has 0 unspecified atom stereocenters. The predicted molar refractivity (Wildman–Crippen MR) is 128 cm³/mol. The highest BCUT2D eigenvalue weighted by molar-refractivity contribution is 7.18. The molecule has 0 bridgehead atoms. The molecule has 2 heterocycles. The summed E-state index contributed by atoms with van der Waals surface area (Å²) in [7, 11) is 0. The van der Waals surface area contributed by atoms with Gasteiger partial charge in [0.15, 0.2) is 0 Å². The summed E-state index contributed by atoms with van der Waals surface area (Å²) in [5, 5.41) is 7.03. The van der Waals surface area contributed by atoms with Gasteiger partial charge in [0.05, 0.1) is 34.3 Å². The molecule has 6 nitrogen and oxygen atoms in total. The fourth-order valence-electron chi connectivity index (χ4n) is 3.78. The topological polar surface area (TPSA) is 70.7 Å². The van der Waals surface area contributed by atoms with Crippen LogP contribution in [-0.2, 0) is 4.74 Å². The first-order valence-electron chi connectivity index (χ1n) is 10.9. The van der Waals surface area contributed by atoms with Crippen molar-refractivity contribution in [2.75, 3.05) is 36.5 Å². The summed E-state index contributed by atoms with van der Waals surface area (Å²) >= 11 is 1.48. The summed E-state index contributed by atoms with van der Waals surface area (Å²) in [5.74, 6) is -0.355. The van der Waals surface area contributed by atoms with Crippen LogP contribution in [0, 0.1) is 0 Å². The number of anilines is 2. The molecule has 1 aromatic heterocycles. The highest BCUT2D eigenvalue weighted by Crippen LogP contribution is 2.39. The van der Waals surface area contributed by atoms with Crippen LogP contribution in [0.15, 0.2) is 60.7 Å². The van der Waals surface area contributed by atoms with Gasteiger partial charge in [-0.1, -0.05) is 42.5 Å². The van der Waals surface area contributed by atoms with Crippen LogP contribution in [-0.4, -0.2) is 44.2 Å². The summed E-state index contributed by atoms with van der Waals surface area (Å²) in [6, 6.07) is 19.5. The molecule has 2 amide bonds. The number of ether oxygens (including phenoxy) is 1. The number of amides is 2. The van der Waals surface area contributed by atoms with E-state index in [4.69, 9.17) is 4.74 Å². The first kappa shape index (κ1) is 20.7. The average Bonchev–Trinajstić information content (AvgIpc) is 3.53. The lowest BCUT2D eigenvalue weighted by Gasteiger charge is -2.28. The second kappa shape index (κ2) is 9.14. The summed E-state index contributed by atoms with van der Waals surface area (Å²) in [5.41, 5.74) is 3.13. The Morgan fingerprint density at radius 2 is 1.66 bits per heavy atom. The number of carbonyl (C=O) groups excluding carboxylic acids is 2. The molecule has 2 fully saturated rings. The Morgan fingerprint density at radius 3 is 2.41 bits per heavy atom. The molecule has 2 aliphatic rings. The lowest BCUT2D eigenvalue weighted by atomic mass is 10.1. The molecule has 1 aliphatic heterocycles. The molecule has 2 N–H and O–H groups in total. The number of nitrogens with one attached hydrogen (secondary N) is 2. The van der Waals surface area contributed by atoms with Crippen molar-refractivity contribution in [3.63, 3.8) is 0 Å². The van der Waals surface area contributed by atoms with E-state index in [-0.39, 0.29) is 17.9 Å². The number of hydrogen-bond donors (Lipinski definition) is 2. The van der Waals surface area contributed by atoms with Crippen molar-refractivity contribution in [3.05, 3.63) is 71.1 Å². The molecule has 0 atom stereocenters. The molecule has 1 saturated heterocycles. The standard InChI is InChI=1S/C25H25N3O3S/c29-23(26-18-10-11-18)19-8-4-5-9-21(19)27-24(30)22-16-20(17-6-2-1-3-7-17)25(32-22)28-12-14-31-15-13-28/h1-9,16,18H,10-15H2,(H,26,29)(H,27,30). The molecule has 164 valence electrons. The third kappa shape index (κ3) is 4.54. The first-order valence-corrected chi connectivity index (χ1v) is 11.7. The molecule has 5 rings (SSSR count). The van der Waals surface area contributed by atoms with Gasteiger partial charge < -0.3 is 20.3 Å². The quantitative estimate of drug-likeness (QED) is 0.588. The monoisotopic (exact) mass is 447 g/mol. The summed E-state index contributed by atoms with van der Waals surface area (Å²) < 4.78 is 5.51. The minimum absolute atomic E-state index is 0.145. The molecule has 3 aromatic rings. The van der Waals surface area contributed by atoms with Crippen molar-refractivity contribution in [2.24, 2.45) is 0 Å². The SMILES string of the molecule is O=C(Nc1ccccc1C(=O)NC1CC1)c1cc(-c2ccccc2)c(N2CCOCC2)s1. The van der Waals surface area contributed by atoms with Gasteiger partial charge in [-0.15, -0.1) is 11.3 Å². The van der Waals surface area contributed by atoms with E-state index >= 15 is 0 Å². The number of hydrogen-bond acceptors (Lipinski definition) is 5.